The van der Waals surface area contributed by atoms with Crippen LogP contribution in [0.4, 0.5) is 0 Å². The molecule has 1 aliphatic carbocycles. The number of aromatic amines is 1. The highest BCUT2D eigenvalue weighted by atomic mass is 32.2. The molecule has 0 radical (unpaired) electrons. The summed E-state index contributed by atoms with van der Waals surface area (Å²) in [5.74, 6) is 1.75. The van der Waals surface area contributed by atoms with Crippen molar-refractivity contribution in [3.05, 3.63) is 35.3 Å². The van der Waals surface area contributed by atoms with Gasteiger partial charge in [-0.1, -0.05) is 31.0 Å². The lowest BCUT2D eigenvalue weighted by molar-refractivity contribution is 0.186. The van der Waals surface area contributed by atoms with Crippen LogP contribution in [0, 0.1) is 6.92 Å². The first-order valence-electron chi connectivity index (χ1n) is 9.75. The van der Waals surface area contributed by atoms with E-state index in [2.05, 4.69) is 34.2 Å². The Labute approximate surface area is 154 Å². The summed E-state index contributed by atoms with van der Waals surface area (Å²) in [6.45, 7) is 5.36. The van der Waals surface area contributed by atoms with Gasteiger partial charge in [0.05, 0.1) is 12.7 Å². The van der Waals surface area contributed by atoms with Crippen molar-refractivity contribution in [2.75, 3.05) is 13.1 Å². The van der Waals surface area contributed by atoms with E-state index in [0.717, 1.165) is 35.7 Å². The zero-order chi connectivity index (χ0) is 17.1. The number of hydrogen-bond acceptors (Lipinski definition) is 4. The van der Waals surface area contributed by atoms with E-state index in [0.29, 0.717) is 5.92 Å². The van der Waals surface area contributed by atoms with Gasteiger partial charge in [-0.25, -0.2) is 0 Å². The van der Waals surface area contributed by atoms with Crippen LogP contribution in [0.1, 0.15) is 67.9 Å². The smallest absolute Gasteiger partial charge is 0.160 e. The van der Waals surface area contributed by atoms with Gasteiger partial charge in [-0.05, 0) is 63.4 Å². The molecule has 0 aromatic carbocycles. The van der Waals surface area contributed by atoms with E-state index in [1.165, 1.54) is 56.2 Å². The first-order chi connectivity index (χ1) is 12.3. The molecule has 136 valence electrons. The molecule has 1 saturated heterocycles. The summed E-state index contributed by atoms with van der Waals surface area (Å²) in [7, 11) is 0. The molecule has 25 heavy (non-hydrogen) atoms. The SMILES string of the molecule is Cc1cn[nH]c1C1CCN(Cc2ccc(SC3CCCCC3)o2)CC1. The molecule has 1 N–H and O–H groups in total. The topological polar surface area (TPSA) is 45.1 Å². The molecule has 4 rings (SSSR count). The number of piperidine rings is 1. The van der Waals surface area contributed by atoms with Gasteiger partial charge in [0.25, 0.3) is 0 Å². The van der Waals surface area contributed by atoms with Crippen molar-refractivity contribution in [3.63, 3.8) is 0 Å². The lowest BCUT2D eigenvalue weighted by atomic mass is 9.92. The second-order valence-electron chi connectivity index (χ2n) is 7.62. The predicted octanol–water partition coefficient (Wildman–Crippen LogP) is 5.12. The van der Waals surface area contributed by atoms with Gasteiger partial charge in [0.1, 0.15) is 5.76 Å². The molecule has 5 heteroatoms. The van der Waals surface area contributed by atoms with Gasteiger partial charge >= 0.3 is 0 Å². The van der Waals surface area contributed by atoms with Crippen molar-refractivity contribution >= 4 is 11.8 Å². The van der Waals surface area contributed by atoms with Gasteiger partial charge in [-0.3, -0.25) is 10.00 Å². The summed E-state index contributed by atoms with van der Waals surface area (Å²) in [5, 5.41) is 9.25. The Morgan fingerprint density at radius 2 is 1.96 bits per heavy atom. The maximum absolute atomic E-state index is 6.11. The molecular formula is C20H29N3OS. The molecule has 0 bridgehead atoms. The fourth-order valence-corrected chi connectivity index (χ4v) is 5.42. The second kappa shape index (κ2) is 8.00. The number of nitrogens with zero attached hydrogens (tertiary/aromatic N) is 2. The molecule has 2 aliphatic rings. The van der Waals surface area contributed by atoms with Crippen LogP contribution in [0.15, 0.2) is 27.8 Å². The van der Waals surface area contributed by atoms with Gasteiger partial charge < -0.3 is 4.42 Å². The fraction of sp³-hybridized carbons (Fsp3) is 0.650. The minimum atomic E-state index is 0.632. The van der Waals surface area contributed by atoms with Crippen molar-refractivity contribution < 1.29 is 4.42 Å². The van der Waals surface area contributed by atoms with Crippen LogP contribution in [0.25, 0.3) is 0 Å². The number of aromatic nitrogens is 2. The summed E-state index contributed by atoms with van der Waals surface area (Å²) >= 11 is 1.95. The van der Waals surface area contributed by atoms with E-state index in [4.69, 9.17) is 4.42 Å². The predicted molar refractivity (Wildman–Crippen MR) is 102 cm³/mol. The number of furan rings is 1. The Balaban J connectivity index is 1.26. The van der Waals surface area contributed by atoms with Gasteiger partial charge in [-0.15, -0.1) is 0 Å². The molecule has 0 amide bonds. The normalized spacial score (nSPS) is 21.0. The number of aryl methyl sites for hydroxylation is 1. The van der Waals surface area contributed by atoms with E-state index in [1.807, 2.05) is 18.0 Å². The van der Waals surface area contributed by atoms with Crippen LogP contribution in [0.3, 0.4) is 0 Å². The number of hydrogen-bond donors (Lipinski definition) is 1. The standard InChI is InChI=1S/C20H29N3OS/c1-15-13-21-22-20(15)16-9-11-23(12-10-16)14-17-7-8-19(24-17)25-18-5-3-2-4-6-18/h7-8,13,16,18H,2-6,9-12,14H2,1H3,(H,21,22). The molecule has 0 atom stereocenters. The quantitative estimate of drug-likeness (QED) is 0.805. The molecular weight excluding hydrogens is 330 g/mol. The minimum Gasteiger partial charge on any atom is -0.454 e. The van der Waals surface area contributed by atoms with Gasteiger partial charge in [0.15, 0.2) is 5.09 Å². The average molecular weight is 360 g/mol. The lowest BCUT2D eigenvalue weighted by Gasteiger charge is -2.31. The van der Waals surface area contributed by atoms with E-state index in [-0.39, 0.29) is 0 Å². The highest BCUT2D eigenvalue weighted by Gasteiger charge is 2.24. The number of thioether (sulfide) groups is 1. The van der Waals surface area contributed by atoms with E-state index in [1.54, 1.807) is 0 Å². The van der Waals surface area contributed by atoms with Crippen molar-refractivity contribution in [2.45, 2.75) is 74.7 Å². The van der Waals surface area contributed by atoms with Crippen LogP contribution >= 0.6 is 11.8 Å². The number of likely N-dealkylation sites (tertiary alicyclic amines) is 1. The Morgan fingerprint density at radius 1 is 1.16 bits per heavy atom. The minimum absolute atomic E-state index is 0.632. The molecule has 1 saturated carbocycles. The first-order valence-corrected chi connectivity index (χ1v) is 10.6. The maximum atomic E-state index is 6.11. The first kappa shape index (κ1) is 17.2. The van der Waals surface area contributed by atoms with E-state index < -0.39 is 0 Å². The van der Waals surface area contributed by atoms with Crippen LogP contribution in [-0.2, 0) is 6.54 Å². The van der Waals surface area contributed by atoms with Gasteiger partial charge in [0, 0.05) is 16.9 Å². The summed E-state index contributed by atoms with van der Waals surface area (Å²) < 4.78 is 6.11. The monoisotopic (exact) mass is 359 g/mol. The Kier molecular flexibility index (Phi) is 5.51. The zero-order valence-electron chi connectivity index (χ0n) is 15.2. The van der Waals surface area contributed by atoms with Crippen molar-refractivity contribution in [3.8, 4) is 0 Å². The summed E-state index contributed by atoms with van der Waals surface area (Å²) in [6.07, 6.45) is 11.2. The summed E-state index contributed by atoms with van der Waals surface area (Å²) in [4.78, 5) is 2.52. The number of nitrogens with one attached hydrogen (secondary N) is 1. The highest BCUT2D eigenvalue weighted by molar-refractivity contribution is 7.99. The molecule has 4 nitrogen and oxygen atoms in total. The van der Waals surface area contributed by atoms with E-state index >= 15 is 0 Å². The van der Waals surface area contributed by atoms with Crippen LogP contribution in [0.2, 0.25) is 0 Å². The van der Waals surface area contributed by atoms with E-state index in [9.17, 15) is 0 Å². The average Bonchev–Trinajstić information content (AvgIpc) is 3.26. The fourth-order valence-electron chi connectivity index (χ4n) is 4.22. The van der Waals surface area contributed by atoms with Gasteiger partial charge in [0.2, 0.25) is 0 Å². The van der Waals surface area contributed by atoms with Crippen molar-refractivity contribution in [2.24, 2.45) is 0 Å². The third-order valence-corrected chi connectivity index (χ3v) is 6.97. The molecule has 2 aromatic heterocycles. The van der Waals surface area contributed by atoms with Crippen molar-refractivity contribution in [1.82, 2.24) is 15.1 Å². The highest BCUT2D eigenvalue weighted by Crippen LogP contribution is 2.35. The molecule has 1 aliphatic heterocycles. The number of rotatable bonds is 5. The molecule has 2 aromatic rings. The maximum Gasteiger partial charge on any atom is 0.160 e. The summed E-state index contributed by atoms with van der Waals surface area (Å²) in [6, 6.07) is 4.35. The van der Waals surface area contributed by atoms with Gasteiger partial charge in [-0.2, -0.15) is 5.10 Å². The van der Waals surface area contributed by atoms with Crippen molar-refractivity contribution in [1.29, 1.82) is 0 Å². The number of H-pyrrole nitrogens is 1. The van der Waals surface area contributed by atoms with Crippen LogP contribution in [0.5, 0.6) is 0 Å². The summed E-state index contributed by atoms with van der Waals surface area (Å²) in [5.41, 5.74) is 2.64. The molecule has 2 fully saturated rings. The van der Waals surface area contributed by atoms with Crippen LogP contribution in [-0.4, -0.2) is 33.4 Å². The molecule has 3 heterocycles. The third kappa shape index (κ3) is 4.32. The molecule has 0 spiro atoms. The largest absolute Gasteiger partial charge is 0.454 e. The third-order valence-electron chi connectivity index (χ3n) is 5.72. The Hall–Kier alpha value is -1.20. The van der Waals surface area contributed by atoms with Crippen LogP contribution < -0.4 is 0 Å². The lowest BCUT2D eigenvalue weighted by Crippen LogP contribution is -2.32. The Bertz CT molecular complexity index is 666. The molecule has 0 unspecified atom stereocenters. The second-order valence-corrected chi connectivity index (χ2v) is 8.92. The Morgan fingerprint density at radius 3 is 2.68 bits per heavy atom. The zero-order valence-corrected chi connectivity index (χ0v) is 16.0.